The van der Waals surface area contributed by atoms with Crippen molar-refractivity contribution in [2.45, 2.75) is 62.8 Å². The zero-order valence-electron chi connectivity index (χ0n) is 19.9. The van der Waals surface area contributed by atoms with Crippen molar-refractivity contribution < 1.29 is 26.0 Å². The van der Waals surface area contributed by atoms with Gasteiger partial charge in [-0.25, -0.2) is 22.7 Å². The number of anilines is 2. The van der Waals surface area contributed by atoms with Gasteiger partial charge in [-0.15, -0.1) is 0 Å². The van der Waals surface area contributed by atoms with Crippen molar-refractivity contribution >= 4 is 21.7 Å². The van der Waals surface area contributed by atoms with Crippen molar-refractivity contribution in [3.05, 3.63) is 47.5 Å². The number of nitrogens with zero attached hydrogens (tertiary/aromatic N) is 4. The first-order valence-electron chi connectivity index (χ1n) is 12.1. The molecular weight excluding hydrogens is 498 g/mol. The Kier molecular flexibility index (Phi) is 6.39. The first kappa shape index (κ1) is 25.2. The second kappa shape index (κ2) is 9.13. The summed E-state index contributed by atoms with van der Waals surface area (Å²) in [6.45, 7) is 1.14. The highest BCUT2D eigenvalue weighted by molar-refractivity contribution is 7.88. The second-order valence-corrected chi connectivity index (χ2v) is 12.1. The minimum Gasteiger partial charge on any atom is -0.362 e. The van der Waals surface area contributed by atoms with Crippen molar-refractivity contribution in [2.24, 2.45) is 5.92 Å². The van der Waals surface area contributed by atoms with Crippen LogP contribution < -0.4 is 10.2 Å². The van der Waals surface area contributed by atoms with E-state index in [1.165, 1.54) is 29.0 Å². The maximum Gasteiger partial charge on any atom is 0.416 e. The van der Waals surface area contributed by atoms with Gasteiger partial charge in [0.05, 0.1) is 11.8 Å². The molecule has 3 fully saturated rings. The summed E-state index contributed by atoms with van der Waals surface area (Å²) in [4.78, 5) is 10.2. The van der Waals surface area contributed by atoms with Gasteiger partial charge in [0.1, 0.15) is 6.33 Å². The molecule has 1 aromatic carbocycles. The molecule has 2 aliphatic carbocycles. The summed E-state index contributed by atoms with van der Waals surface area (Å²) >= 11 is 0. The molecule has 2 saturated carbocycles. The lowest BCUT2D eigenvalue weighted by atomic mass is 9.88. The van der Waals surface area contributed by atoms with Gasteiger partial charge >= 0.3 is 6.18 Å². The van der Waals surface area contributed by atoms with E-state index >= 15 is 4.39 Å². The van der Waals surface area contributed by atoms with Crippen LogP contribution in [0.2, 0.25) is 0 Å². The lowest BCUT2D eigenvalue weighted by Gasteiger charge is -2.36. The van der Waals surface area contributed by atoms with Crippen molar-refractivity contribution in [1.82, 2.24) is 14.3 Å². The van der Waals surface area contributed by atoms with E-state index in [4.69, 9.17) is 0 Å². The summed E-state index contributed by atoms with van der Waals surface area (Å²) in [5.41, 5.74) is -0.395. The lowest BCUT2D eigenvalue weighted by molar-refractivity contribution is -0.137. The van der Waals surface area contributed by atoms with Crippen molar-refractivity contribution in [3.63, 3.8) is 0 Å². The molecule has 0 amide bonds. The molecule has 0 spiro atoms. The zero-order valence-corrected chi connectivity index (χ0v) is 20.7. The summed E-state index contributed by atoms with van der Waals surface area (Å²) in [6, 6.07) is 4.97. The molecular formula is C24H29F4N5O2S. The lowest BCUT2D eigenvalue weighted by Crippen LogP contribution is -2.43. The number of halogens is 4. The minimum absolute atomic E-state index is 0.0692. The molecule has 0 bridgehead atoms. The van der Waals surface area contributed by atoms with Gasteiger partial charge in [-0.05, 0) is 62.1 Å². The Morgan fingerprint density at radius 3 is 2.25 bits per heavy atom. The molecule has 2 aromatic rings. The molecule has 196 valence electrons. The standard InChI is InChI=1S/C24H29F4N5O2S/c1-36(34,35)32-12-8-17(9-13-32)23(10-11-23)31-21-20(25)22(30-15-29-21)33(19-6-7-19)14-16-2-4-18(5-3-16)24(26,27)28/h2-5,15,17,19H,6-14H2,1H3,(H,29,30,31). The van der Waals surface area contributed by atoms with Crippen molar-refractivity contribution in [2.75, 3.05) is 29.6 Å². The number of alkyl halides is 3. The molecule has 2 heterocycles. The topological polar surface area (TPSA) is 78.4 Å². The van der Waals surface area contributed by atoms with Gasteiger partial charge in [0.2, 0.25) is 15.8 Å². The van der Waals surface area contributed by atoms with Gasteiger partial charge in [-0.2, -0.15) is 17.6 Å². The van der Waals surface area contributed by atoms with Crippen LogP contribution in [0, 0.1) is 11.7 Å². The highest BCUT2D eigenvalue weighted by atomic mass is 32.2. The van der Waals surface area contributed by atoms with Crippen LogP contribution in [0.1, 0.15) is 49.7 Å². The van der Waals surface area contributed by atoms with E-state index in [-0.39, 0.29) is 35.7 Å². The average molecular weight is 528 g/mol. The maximum atomic E-state index is 15.7. The summed E-state index contributed by atoms with van der Waals surface area (Å²) in [6.07, 6.45) is 2.93. The average Bonchev–Trinajstić information content (AvgIpc) is 3.74. The third-order valence-corrected chi connectivity index (χ3v) is 8.83. The molecule has 1 saturated heterocycles. The smallest absolute Gasteiger partial charge is 0.362 e. The van der Waals surface area contributed by atoms with Gasteiger partial charge in [0.15, 0.2) is 11.6 Å². The number of piperidine rings is 1. The Bertz CT molecular complexity index is 1210. The van der Waals surface area contributed by atoms with E-state index in [0.29, 0.717) is 31.5 Å². The predicted molar refractivity (Wildman–Crippen MR) is 127 cm³/mol. The molecule has 1 aliphatic heterocycles. The van der Waals surface area contributed by atoms with Crippen LogP contribution in [0.5, 0.6) is 0 Å². The summed E-state index contributed by atoms with van der Waals surface area (Å²) in [5, 5.41) is 3.32. The number of nitrogens with one attached hydrogen (secondary N) is 1. The number of aromatic nitrogens is 2. The number of hydrogen-bond acceptors (Lipinski definition) is 6. The Morgan fingerprint density at radius 2 is 1.72 bits per heavy atom. The zero-order chi connectivity index (χ0) is 25.7. The highest BCUT2D eigenvalue weighted by Crippen LogP contribution is 2.49. The van der Waals surface area contributed by atoms with E-state index < -0.39 is 27.6 Å². The van der Waals surface area contributed by atoms with E-state index in [1.54, 1.807) is 4.90 Å². The third kappa shape index (κ3) is 5.29. The molecule has 5 rings (SSSR count). The highest BCUT2D eigenvalue weighted by Gasteiger charge is 2.51. The molecule has 3 aliphatic rings. The molecule has 0 unspecified atom stereocenters. The maximum absolute atomic E-state index is 15.7. The fraction of sp³-hybridized carbons (Fsp3) is 0.583. The Balaban J connectivity index is 1.32. The van der Waals surface area contributed by atoms with Gasteiger partial charge in [-0.3, -0.25) is 0 Å². The number of rotatable bonds is 8. The predicted octanol–water partition coefficient (Wildman–Crippen LogP) is 4.42. The van der Waals surface area contributed by atoms with Crippen molar-refractivity contribution in [1.29, 1.82) is 0 Å². The first-order chi connectivity index (χ1) is 17.0. The van der Waals surface area contributed by atoms with E-state index in [2.05, 4.69) is 15.3 Å². The third-order valence-electron chi connectivity index (χ3n) is 7.53. The quantitative estimate of drug-likeness (QED) is 0.512. The molecule has 36 heavy (non-hydrogen) atoms. The van der Waals surface area contributed by atoms with E-state index in [1.807, 2.05) is 0 Å². The van der Waals surface area contributed by atoms with Gasteiger partial charge in [0, 0.05) is 31.2 Å². The molecule has 1 aromatic heterocycles. The van der Waals surface area contributed by atoms with E-state index in [9.17, 15) is 21.6 Å². The van der Waals surface area contributed by atoms with Crippen LogP contribution in [0.15, 0.2) is 30.6 Å². The Morgan fingerprint density at radius 1 is 1.08 bits per heavy atom. The van der Waals surface area contributed by atoms with Crippen LogP contribution in [0.25, 0.3) is 0 Å². The molecule has 0 radical (unpaired) electrons. The summed E-state index contributed by atoms with van der Waals surface area (Å²) in [7, 11) is -3.22. The van der Waals surface area contributed by atoms with Gasteiger partial charge < -0.3 is 10.2 Å². The monoisotopic (exact) mass is 527 g/mol. The number of benzene rings is 1. The number of hydrogen-bond donors (Lipinski definition) is 1. The largest absolute Gasteiger partial charge is 0.416 e. The fourth-order valence-electron chi connectivity index (χ4n) is 5.15. The van der Waals surface area contributed by atoms with Crippen LogP contribution in [-0.2, 0) is 22.7 Å². The minimum atomic E-state index is -4.41. The summed E-state index contributed by atoms with van der Waals surface area (Å²) < 4.78 is 79.6. The van der Waals surface area contributed by atoms with Crippen LogP contribution in [0.3, 0.4) is 0 Å². The SMILES string of the molecule is CS(=O)(=O)N1CCC(C2(Nc3ncnc(N(Cc4ccc(C(F)(F)F)cc4)C4CC4)c3F)CC2)CC1. The Hall–Kier alpha value is -2.47. The first-order valence-corrected chi connectivity index (χ1v) is 14.0. The molecule has 0 atom stereocenters. The van der Waals surface area contributed by atoms with Crippen molar-refractivity contribution in [3.8, 4) is 0 Å². The second-order valence-electron chi connectivity index (χ2n) is 10.1. The molecule has 12 heteroatoms. The van der Waals surface area contributed by atoms with Gasteiger partial charge in [0.25, 0.3) is 0 Å². The number of sulfonamides is 1. The molecule has 1 N–H and O–H groups in total. The van der Waals surface area contributed by atoms with Crippen LogP contribution in [-0.4, -0.2) is 53.6 Å². The summed E-state index contributed by atoms with van der Waals surface area (Å²) in [5.74, 6) is -0.116. The van der Waals surface area contributed by atoms with E-state index in [0.717, 1.165) is 37.8 Å². The normalized spacial score (nSPS) is 20.8. The van der Waals surface area contributed by atoms with Crippen LogP contribution in [0.4, 0.5) is 29.2 Å². The van der Waals surface area contributed by atoms with Gasteiger partial charge in [-0.1, -0.05) is 12.1 Å². The molecule has 7 nitrogen and oxygen atoms in total. The fourth-order valence-corrected chi connectivity index (χ4v) is 6.03. The Labute approximate surface area is 208 Å². The van der Waals surface area contributed by atoms with Crippen LogP contribution >= 0.6 is 0 Å².